The van der Waals surface area contributed by atoms with E-state index in [9.17, 15) is 22.0 Å². The number of benzene rings is 3. The van der Waals surface area contributed by atoms with Gasteiger partial charge in [0.05, 0.1) is 6.54 Å². The maximum absolute atomic E-state index is 14.2. The molecule has 0 saturated heterocycles. The summed E-state index contributed by atoms with van der Waals surface area (Å²) in [6.45, 7) is -0.588. The molecule has 0 spiro atoms. The van der Waals surface area contributed by atoms with Crippen molar-refractivity contribution in [3.63, 3.8) is 0 Å². The van der Waals surface area contributed by atoms with Crippen molar-refractivity contribution in [2.75, 3.05) is 0 Å². The first-order chi connectivity index (χ1) is 13.8. The first-order valence-corrected chi connectivity index (χ1v) is 8.32. The lowest BCUT2D eigenvalue weighted by Gasteiger charge is -2.11. The van der Waals surface area contributed by atoms with E-state index in [1.807, 2.05) is 0 Å². The van der Waals surface area contributed by atoms with Crippen molar-refractivity contribution in [2.45, 2.75) is 6.54 Å². The lowest BCUT2D eigenvalue weighted by Crippen LogP contribution is -2.11. The van der Waals surface area contributed by atoms with Crippen LogP contribution < -0.4 is 0 Å². The van der Waals surface area contributed by atoms with Crippen LogP contribution in [0.2, 0.25) is 0 Å². The van der Waals surface area contributed by atoms with Crippen LogP contribution in [-0.4, -0.2) is 10.4 Å². The van der Waals surface area contributed by atoms with Crippen LogP contribution in [0, 0.1) is 40.0 Å². The van der Waals surface area contributed by atoms with Crippen LogP contribution in [0.4, 0.5) is 22.0 Å². The van der Waals surface area contributed by atoms with Gasteiger partial charge in [-0.2, -0.15) is 0 Å². The molecular weight excluding hydrogens is 391 g/mol. The molecule has 0 unspecified atom stereocenters. The fourth-order valence-corrected chi connectivity index (χ4v) is 3.38. The van der Waals surface area contributed by atoms with Crippen molar-refractivity contribution in [1.82, 2.24) is 4.57 Å². The average Bonchev–Trinajstić information content (AvgIpc) is 3.06. The van der Waals surface area contributed by atoms with E-state index in [1.165, 1.54) is 10.6 Å². The van der Waals surface area contributed by atoms with Gasteiger partial charge in [-0.1, -0.05) is 18.2 Å². The second-order valence-electron chi connectivity index (χ2n) is 6.34. The predicted octanol–water partition coefficient (Wildman–Crippen LogP) is 5.89. The fourth-order valence-electron chi connectivity index (χ4n) is 3.38. The van der Waals surface area contributed by atoms with E-state index in [-0.39, 0.29) is 5.84 Å². The zero-order valence-corrected chi connectivity index (χ0v) is 14.5. The van der Waals surface area contributed by atoms with Gasteiger partial charge in [0, 0.05) is 32.9 Å². The minimum absolute atomic E-state index is 0.275. The zero-order valence-electron chi connectivity index (χ0n) is 14.5. The summed E-state index contributed by atoms with van der Waals surface area (Å²) in [5.41, 5.74) is 7.38. The van der Waals surface area contributed by atoms with Crippen molar-refractivity contribution in [2.24, 2.45) is 5.11 Å². The van der Waals surface area contributed by atoms with Gasteiger partial charge >= 0.3 is 0 Å². The number of aromatic nitrogens is 1. The number of rotatable bonds is 3. The monoisotopic (exact) mass is 402 g/mol. The Morgan fingerprint density at radius 3 is 2.03 bits per heavy atom. The van der Waals surface area contributed by atoms with Crippen LogP contribution in [0.5, 0.6) is 0 Å². The summed E-state index contributed by atoms with van der Waals surface area (Å²) in [5, 5.41) is 12.0. The van der Waals surface area contributed by atoms with E-state index in [1.54, 1.807) is 36.4 Å². The Labute approximate surface area is 160 Å². The second-order valence-corrected chi connectivity index (χ2v) is 6.34. The largest absolute Gasteiger partial charge is 0.336 e. The third kappa shape index (κ3) is 2.77. The SMILES string of the molecule is N=NC(=N)c1ccc2c(c1)c1ccccc1n2Cc1c(F)c(F)c(F)c(F)c1F. The van der Waals surface area contributed by atoms with Gasteiger partial charge in [-0.05, 0) is 24.3 Å². The van der Waals surface area contributed by atoms with Gasteiger partial charge in [-0.25, -0.2) is 27.5 Å². The van der Waals surface area contributed by atoms with Crippen LogP contribution in [0.15, 0.2) is 47.6 Å². The molecule has 4 aromatic rings. The third-order valence-electron chi connectivity index (χ3n) is 4.77. The Balaban J connectivity index is 2.00. The van der Waals surface area contributed by atoms with E-state index in [0.29, 0.717) is 27.4 Å². The molecular formula is C20H11F5N4. The molecule has 29 heavy (non-hydrogen) atoms. The molecule has 0 fully saturated rings. The Hall–Kier alpha value is -3.62. The molecule has 3 aromatic carbocycles. The minimum atomic E-state index is -2.20. The summed E-state index contributed by atoms with van der Waals surface area (Å²) in [4.78, 5) is 0. The maximum Gasteiger partial charge on any atom is 0.200 e. The first-order valence-electron chi connectivity index (χ1n) is 8.32. The predicted molar refractivity (Wildman–Crippen MR) is 96.8 cm³/mol. The Bertz CT molecular complexity index is 1300. The molecule has 2 N–H and O–H groups in total. The molecule has 4 rings (SSSR count). The van der Waals surface area contributed by atoms with E-state index < -0.39 is 41.2 Å². The summed E-state index contributed by atoms with van der Waals surface area (Å²) in [5.74, 6) is -10.2. The lowest BCUT2D eigenvalue weighted by molar-refractivity contribution is 0.369. The molecule has 0 radical (unpaired) electrons. The van der Waals surface area contributed by atoms with Crippen LogP contribution in [-0.2, 0) is 6.54 Å². The molecule has 146 valence electrons. The van der Waals surface area contributed by atoms with Crippen molar-refractivity contribution < 1.29 is 22.0 Å². The molecule has 1 aromatic heterocycles. The molecule has 0 aliphatic carbocycles. The topological polar surface area (TPSA) is 65.0 Å². The van der Waals surface area contributed by atoms with E-state index in [0.717, 1.165) is 0 Å². The van der Waals surface area contributed by atoms with Gasteiger partial charge in [-0.3, -0.25) is 5.41 Å². The van der Waals surface area contributed by atoms with E-state index in [4.69, 9.17) is 10.9 Å². The summed E-state index contributed by atoms with van der Waals surface area (Å²) in [6, 6.07) is 11.4. The third-order valence-corrected chi connectivity index (χ3v) is 4.77. The van der Waals surface area contributed by atoms with Gasteiger partial charge in [0.15, 0.2) is 29.1 Å². The number of nitrogens with zero attached hydrogens (tertiary/aromatic N) is 2. The number of fused-ring (bicyclic) bond motifs is 3. The van der Waals surface area contributed by atoms with Gasteiger partial charge in [0.1, 0.15) is 0 Å². The van der Waals surface area contributed by atoms with Crippen LogP contribution in [0.25, 0.3) is 21.8 Å². The molecule has 0 amide bonds. The van der Waals surface area contributed by atoms with Crippen LogP contribution in [0.3, 0.4) is 0 Å². The van der Waals surface area contributed by atoms with Crippen molar-refractivity contribution in [1.29, 1.82) is 10.9 Å². The Kier molecular flexibility index (Phi) is 4.37. The van der Waals surface area contributed by atoms with E-state index in [2.05, 4.69) is 5.11 Å². The highest BCUT2D eigenvalue weighted by atomic mass is 19.2. The average molecular weight is 402 g/mol. The number of nitrogens with one attached hydrogen (secondary N) is 2. The maximum atomic E-state index is 14.2. The first kappa shape index (κ1) is 18.7. The van der Waals surface area contributed by atoms with E-state index >= 15 is 0 Å². The Morgan fingerprint density at radius 2 is 1.38 bits per heavy atom. The second kappa shape index (κ2) is 6.77. The van der Waals surface area contributed by atoms with Crippen molar-refractivity contribution in [3.8, 4) is 0 Å². The number of hydrogen-bond acceptors (Lipinski definition) is 2. The Morgan fingerprint density at radius 1 is 0.793 bits per heavy atom. The standard InChI is InChI=1S/C20H11F5N4/c21-15-12(16(22)18(24)19(25)17(15)23)8-29-13-4-2-1-3-10(13)11-7-9(20(26)28-27)5-6-14(11)29/h1-7,26-27H,8H2. The molecule has 0 aliphatic heterocycles. The highest BCUT2D eigenvalue weighted by molar-refractivity contribution is 6.11. The summed E-state index contributed by atoms with van der Waals surface area (Å²) >= 11 is 0. The van der Waals surface area contributed by atoms with Crippen molar-refractivity contribution >= 4 is 27.6 Å². The van der Waals surface area contributed by atoms with Gasteiger partial charge < -0.3 is 4.57 Å². The molecule has 0 bridgehead atoms. The van der Waals surface area contributed by atoms with Crippen LogP contribution >= 0.6 is 0 Å². The zero-order chi connectivity index (χ0) is 20.9. The number of hydrogen-bond donors (Lipinski definition) is 2. The number of para-hydroxylation sites is 1. The highest BCUT2D eigenvalue weighted by Crippen LogP contribution is 2.32. The lowest BCUT2D eigenvalue weighted by atomic mass is 10.1. The summed E-state index contributed by atoms with van der Waals surface area (Å²) in [6.07, 6.45) is 0. The van der Waals surface area contributed by atoms with Gasteiger partial charge in [0.2, 0.25) is 5.82 Å². The van der Waals surface area contributed by atoms with Gasteiger partial charge in [0.25, 0.3) is 0 Å². The minimum Gasteiger partial charge on any atom is -0.336 e. The molecule has 0 saturated carbocycles. The van der Waals surface area contributed by atoms with Crippen molar-refractivity contribution in [3.05, 3.63) is 82.7 Å². The molecule has 4 nitrogen and oxygen atoms in total. The normalized spacial score (nSPS) is 11.3. The molecule has 0 atom stereocenters. The van der Waals surface area contributed by atoms with Crippen LogP contribution in [0.1, 0.15) is 11.1 Å². The number of halogens is 5. The fraction of sp³-hybridized carbons (Fsp3) is 0.0500. The molecule has 1 heterocycles. The molecule has 0 aliphatic rings. The quantitative estimate of drug-likeness (QED) is 0.107. The molecule has 9 heteroatoms. The summed E-state index contributed by atoms with van der Waals surface area (Å²) < 4.78 is 70.5. The number of amidine groups is 1. The highest BCUT2D eigenvalue weighted by Gasteiger charge is 2.26. The van der Waals surface area contributed by atoms with Gasteiger partial charge in [-0.15, -0.1) is 5.11 Å². The smallest absolute Gasteiger partial charge is 0.200 e. The summed E-state index contributed by atoms with van der Waals surface area (Å²) in [7, 11) is 0.